The van der Waals surface area contributed by atoms with E-state index >= 15 is 0 Å². The van der Waals surface area contributed by atoms with Crippen LogP contribution < -0.4 is 10.1 Å². The Labute approximate surface area is 129 Å². The fraction of sp³-hybridized carbons (Fsp3) is 0.667. The second kappa shape index (κ2) is 7.81. The van der Waals surface area contributed by atoms with Gasteiger partial charge in [-0.2, -0.15) is 0 Å². The minimum atomic E-state index is 0.214. The molecule has 0 radical (unpaired) electrons. The van der Waals surface area contributed by atoms with Gasteiger partial charge in [0.15, 0.2) is 0 Å². The van der Waals surface area contributed by atoms with Crippen molar-refractivity contribution in [3.63, 3.8) is 0 Å². The molecule has 1 unspecified atom stereocenters. The summed E-state index contributed by atoms with van der Waals surface area (Å²) in [5.41, 5.74) is 1.27. The van der Waals surface area contributed by atoms with Crippen molar-refractivity contribution in [2.45, 2.75) is 58.7 Å². The lowest BCUT2D eigenvalue weighted by molar-refractivity contribution is 0.198. The zero-order valence-corrected chi connectivity index (χ0v) is 13.9. The zero-order valence-electron chi connectivity index (χ0n) is 13.9. The van der Waals surface area contributed by atoms with Crippen LogP contribution in [0.3, 0.4) is 0 Å². The molecule has 1 saturated heterocycles. The van der Waals surface area contributed by atoms with Crippen LogP contribution in [0.4, 0.5) is 0 Å². The monoisotopic (exact) mass is 290 g/mol. The van der Waals surface area contributed by atoms with Gasteiger partial charge >= 0.3 is 0 Å². The standard InChI is InChI=1S/C18H30N2O/c1-5-20-12-10-16(11-13-20)19-15(4)17-8-6-7-9-18(17)21-14(2)3/h6-9,14-16,19H,5,10-13H2,1-4H3. The van der Waals surface area contributed by atoms with Crippen LogP contribution in [0.15, 0.2) is 24.3 Å². The highest BCUT2D eigenvalue weighted by Gasteiger charge is 2.21. The summed E-state index contributed by atoms with van der Waals surface area (Å²) in [7, 11) is 0. The highest BCUT2D eigenvalue weighted by atomic mass is 16.5. The Hall–Kier alpha value is -1.06. The normalized spacial score (nSPS) is 18.9. The van der Waals surface area contributed by atoms with E-state index < -0.39 is 0 Å². The third-order valence-electron chi connectivity index (χ3n) is 4.27. The number of hydrogen-bond acceptors (Lipinski definition) is 3. The number of benzene rings is 1. The molecule has 1 aliphatic heterocycles. The van der Waals surface area contributed by atoms with E-state index in [0.29, 0.717) is 12.1 Å². The van der Waals surface area contributed by atoms with Gasteiger partial charge in [0.1, 0.15) is 5.75 Å². The maximum atomic E-state index is 5.94. The van der Waals surface area contributed by atoms with Crippen molar-refractivity contribution >= 4 is 0 Å². The lowest BCUT2D eigenvalue weighted by Crippen LogP contribution is -2.43. The third-order valence-corrected chi connectivity index (χ3v) is 4.27. The molecule has 3 nitrogen and oxygen atoms in total. The number of piperidine rings is 1. The number of nitrogens with zero attached hydrogens (tertiary/aromatic N) is 1. The van der Waals surface area contributed by atoms with Gasteiger partial charge < -0.3 is 15.0 Å². The van der Waals surface area contributed by atoms with E-state index in [-0.39, 0.29) is 6.10 Å². The smallest absolute Gasteiger partial charge is 0.124 e. The summed E-state index contributed by atoms with van der Waals surface area (Å²) < 4.78 is 5.94. The quantitative estimate of drug-likeness (QED) is 0.866. The van der Waals surface area contributed by atoms with E-state index in [4.69, 9.17) is 4.74 Å². The van der Waals surface area contributed by atoms with Crippen LogP contribution in [0.5, 0.6) is 5.75 Å². The molecule has 1 heterocycles. The molecule has 0 bridgehead atoms. The molecule has 1 aromatic carbocycles. The highest BCUT2D eigenvalue weighted by molar-refractivity contribution is 5.35. The molecule has 1 N–H and O–H groups in total. The Morgan fingerprint density at radius 1 is 1.19 bits per heavy atom. The van der Waals surface area contributed by atoms with Gasteiger partial charge in [0.2, 0.25) is 0 Å². The predicted molar refractivity (Wildman–Crippen MR) is 88.9 cm³/mol. The van der Waals surface area contributed by atoms with Gasteiger partial charge in [0, 0.05) is 17.6 Å². The van der Waals surface area contributed by atoms with Crippen LogP contribution in [0.1, 0.15) is 52.1 Å². The zero-order chi connectivity index (χ0) is 15.2. The maximum absolute atomic E-state index is 5.94. The highest BCUT2D eigenvalue weighted by Crippen LogP contribution is 2.27. The van der Waals surface area contributed by atoms with Crippen molar-refractivity contribution < 1.29 is 4.74 Å². The first-order valence-electron chi connectivity index (χ1n) is 8.34. The largest absolute Gasteiger partial charge is 0.491 e. The van der Waals surface area contributed by atoms with Crippen molar-refractivity contribution in [3.8, 4) is 5.75 Å². The molecule has 2 rings (SSSR count). The van der Waals surface area contributed by atoms with Crippen molar-refractivity contribution in [1.29, 1.82) is 0 Å². The van der Waals surface area contributed by atoms with Gasteiger partial charge in [0.05, 0.1) is 6.10 Å². The molecule has 118 valence electrons. The summed E-state index contributed by atoms with van der Waals surface area (Å²) in [5, 5.41) is 3.79. The first-order chi connectivity index (χ1) is 10.1. The van der Waals surface area contributed by atoms with Crippen molar-refractivity contribution in [2.24, 2.45) is 0 Å². The molecule has 3 heteroatoms. The average molecular weight is 290 g/mol. The second-order valence-corrected chi connectivity index (χ2v) is 6.30. The third kappa shape index (κ3) is 4.72. The van der Waals surface area contributed by atoms with E-state index in [1.54, 1.807) is 0 Å². The number of hydrogen-bond donors (Lipinski definition) is 1. The van der Waals surface area contributed by atoms with Gasteiger partial charge in [-0.25, -0.2) is 0 Å². The van der Waals surface area contributed by atoms with Gasteiger partial charge in [0.25, 0.3) is 0 Å². The fourth-order valence-electron chi connectivity index (χ4n) is 3.06. The molecular weight excluding hydrogens is 260 g/mol. The van der Waals surface area contributed by atoms with Gasteiger partial charge in [-0.15, -0.1) is 0 Å². The first kappa shape index (κ1) is 16.3. The van der Waals surface area contributed by atoms with Crippen LogP contribution in [0, 0.1) is 0 Å². The van der Waals surface area contributed by atoms with Crippen LogP contribution in [0.2, 0.25) is 0 Å². The second-order valence-electron chi connectivity index (χ2n) is 6.30. The number of likely N-dealkylation sites (tertiary alicyclic amines) is 1. The van der Waals surface area contributed by atoms with Gasteiger partial charge in [-0.05, 0) is 59.3 Å². The molecule has 0 aliphatic carbocycles. The fourth-order valence-corrected chi connectivity index (χ4v) is 3.06. The van der Waals surface area contributed by atoms with Crippen LogP contribution >= 0.6 is 0 Å². The Morgan fingerprint density at radius 3 is 2.48 bits per heavy atom. The maximum Gasteiger partial charge on any atom is 0.124 e. The van der Waals surface area contributed by atoms with E-state index in [1.807, 2.05) is 6.07 Å². The van der Waals surface area contributed by atoms with E-state index in [2.05, 4.69) is 56.1 Å². The average Bonchev–Trinajstić information content (AvgIpc) is 2.48. The Kier molecular flexibility index (Phi) is 6.07. The first-order valence-corrected chi connectivity index (χ1v) is 8.34. The summed E-state index contributed by atoms with van der Waals surface area (Å²) in [6.45, 7) is 12.2. The van der Waals surface area contributed by atoms with Gasteiger partial charge in [-0.1, -0.05) is 25.1 Å². The number of rotatable bonds is 6. The molecule has 0 saturated carbocycles. The molecule has 1 fully saturated rings. The Morgan fingerprint density at radius 2 is 1.86 bits per heavy atom. The molecule has 1 atom stereocenters. The lowest BCUT2D eigenvalue weighted by Gasteiger charge is -2.33. The van der Waals surface area contributed by atoms with Crippen LogP contribution in [-0.2, 0) is 0 Å². The Bertz CT molecular complexity index is 425. The number of para-hydroxylation sites is 1. The van der Waals surface area contributed by atoms with Crippen molar-refractivity contribution in [1.82, 2.24) is 10.2 Å². The van der Waals surface area contributed by atoms with E-state index in [0.717, 1.165) is 5.75 Å². The van der Waals surface area contributed by atoms with Crippen molar-refractivity contribution in [3.05, 3.63) is 29.8 Å². The minimum absolute atomic E-state index is 0.214. The summed E-state index contributed by atoms with van der Waals surface area (Å²) in [5.74, 6) is 1.01. The molecule has 1 aromatic rings. The van der Waals surface area contributed by atoms with Gasteiger partial charge in [-0.3, -0.25) is 0 Å². The molecule has 0 aromatic heterocycles. The van der Waals surface area contributed by atoms with Crippen LogP contribution in [-0.4, -0.2) is 36.7 Å². The molecule has 21 heavy (non-hydrogen) atoms. The number of ether oxygens (including phenoxy) is 1. The molecule has 1 aliphatic rings. The topological polar surface area (TPSA) is 24.5 Å². The lowest BCUT2D eigenvalue weighted by atomic mass is 10.0. The SMILES string of the molecule is CCN1CCC(NC(C)c2ccccc2OC(C)C)CC1. The van der Waals surface area contributed by atoms with E-state index in [1.165, 1.54) is 38.0 Å². The van der Waals surface area contributed by atoms with Crippen LogP contribution in [0.25, 0.3) is 0 Å². The molecular formula is C18H30N2O. The summed E-state index contributed by atoms with van der Waals surface area (Å²) in [6.07, 6.45) is 2.70. The molecule has 0 spiro atoms. The Balaban J connectivity index is 1.95. The summed E-state index contributed by atoms with van der Waals surface area (Å²) in [6, 6.07) is 9.35. The summed E-state index contributed by atoms with van der Waals surface area (Å²) >= 11 is 0. The minimum Gasteiger partial charge on any atom is -0.491 e. The predicted octanol–water partition coefficient (Wildman–Crippen LogP) is 3.61. The molecule has 0 amide bonds. The summed E-state index contributed by atoms with van der Waals surface area (Å²) in [4.78, 5) is 2.53. The van der Waals surface area contributed by atoms with Crippen molar-refractivity contribution in [2.75, 3.05) is 19.6 Å². The number of nitrogens with one attached hydrogen (secondary N) is 1. The van der Waals surface area contributed by atoms with E-state index in [9.17, 15) is 0 Å².